The van der Waals surface area contributed by atoms with Crippen molar-refractivity contribution in [3.8, 4) is 11.5 Å². The van der Waals surface area contributed by atoms with E-state index in [0.717, 1.165) is 6.42 Å². The second-order valence-electron chi connectivity index (χ2n) is 10.3. The molecule has 0 radical (unpaired) electrons. The van der Waals surface area contributed by atoms with E-state index in [9.17, 15) is 23.1 Å². The topological polar surface area (TPSA) is 146 Å². The van der Waals surface area contributed by atoms with Gasteiger partial charge in [0.15, 0.2) is 11.5 Å². The summed E-state index contributed by atoms with van der Waals surface area (Å²) in [5.74, 6) is 0.288. The number of rotatable bonds is 15. The van der Waals surface area contributed by atoms with E-state index in [1.54, 1.807) is 20.0 Å². The summed E-state index contributed by atoms with van der Waals surface area (Å²) in [7, 11) is -2.34. The molecular formula is C26H44N4O7S. The molecule has 11 nitrogen and oxygen atoms in total. The zero-order valence-corrected chi connectivity index (χ0v) is 24.1. The number of hydrogen-bond acceptors (Lipinski definition) is 8. The number of amides is 2. The third-order valence-electron chi connectivity index (χ3n) is 6.38. The quantitative estimate of drug-likeness (QED) is 0.251. The second kappa shape index (κ2) is 14.7. The van der Waals surface area contributed by atoms with Crippen molar-refractivity contribution in [1.29, 1.82) is 0 Å². The highest BCUT2D eigenvalue weighted by molar-refractivity contribution is 7.89. The first kappa shape index (κ1) is 31.8. The third-order valence-corrected chi connectivity index (χ3v) is 8.21. The molecule has 4 atom stereocenters. The Morgan fingerprint density at radius 2 is 1.71 bits per heavy atom. The molecule has 1 unspecified atom stereocenters. The van der Waals surface area contributed by atoms with Gasteiger partial charge in [-0.1, -0.05) is 34.1 Å². The molecule has 0 fully saturated rings. The predicted octanol–water partition coefficient (Wildman–Crippen LogP) is 1.11. The van der Waals surface area contributed by atoms with Gasteiger partial charge in [0.25, 0.3) is 0 Å². The first-order valence-corrected chi connectivity index (χ1v) is 14.6. The molecule has 12 heteroatoms. The van der Waals surface area contributed by atoms with E-state index >= 15 is 0 Å². The minimum Gasteiger partial charge on any atom is -0.486 e. The molecule has 4 N–H and O–H groups in total. The van der Waals surface area contributed by atoms with Crippen molar-refractivity contribution in [3.63, 3.8) is 0 Å². The fourth-order valence-corrected chi connectivity index (χ4v) is 5.64. The molecule has 1 heterocycles. The summed E-state index contributed by atoms with van der Waals surface area (Å²) in [6, 6.07) is 2.92. The van der Waals surface area contributed by atoms with Crippen molar-refractivity contribution in [3.05, 3.63) is 18.2 Å². The Hall–Kier alpha value is -2.41. The lowest BCUT2D eigenvalue weighted by atomic mass is 9.98. The Labute approximate surface area is 226 Å². The highest BCUT2D eigenvalue weighted by Crippen LogP contribution is 2.33. The summed E-state index contributed by atoms with van der Waals surface area (Å²) >= 11 is 0. The molecule has 1 aromatic carbocycles. The second-order valence-corrected chi connectivity index (χ2v) is 12.2. The van der Waals surface area contributed by atoms with Crippen LogP contribution in [-0.4, -0.2) is 87.7 Å². The zero-order chi connectivity index (χ0) is 28.5. The molecule has 0 spiro atoms. The van der Waals surface area contributed by atoms with Gasteiger partial charge in [-0.25, -0.2) is 8.42 Å². The van der Waals surface area contributed by atoms with Crippen molar-refractivity contribution in [2.45, 2.75) is 70.5 Å². The van der Waals surface area contributed by atoms with Gasteiger partial charge in [0.2, 0.25) is 21.8 Å². The van der Waals surface area contributed by atoms with E-state index in [2.05, 4.69) is 16.0 Å². The van der Waals surface area contributed by atoms with Gasteiger partial charge in [-0.3, -0.25) is 9.59 Å². The zero-order valence-electron chi connectivity index (χ0n) is 23.3. The maximum absolute atomic E-state index is 13.6. The smallest absolute Gasteiger partial charge is 0.243 e. The normalized spacial score (nSPS) is 16.6. The van der Waals surface area contributed by atoms with Crippen LogP contribution >= 0.6 is 0 Å². The predicted molar refractivity (Wildman–Crippen MR) is 145 cm³/mol. The van der Waals surface area contributed by atoms with Crippen LogP contribution in [0.5, 0.6) is 11.5 Å². The maximum Gasteiger partial charge on any atom is 0.243 e. The van der Waals surface area contributed by atoms with Crippen LogP contribution in [0.25, 0.3) is 0 Å². The van der Waals surface area contributed by atoms with Gasteiger partial charge in [-0.05, 0) is 44.4 Å². The molecule has 0 bridgehead atoms. The van der Waals surface area contributed by atoms with Gasteiger partial charge in [0, 0.05) is 19.2 Å². The number of ether oxygens (including phenoxy) is 2. The van der Waals surface area contributed by atoms with Gasteiger partial charge in [-0.15, -0.1) is 0 Å². The molecular weight excluding hydrogens is 512 g/mol. The molecule has 1 aliphatic heterocycles. The first-order valence-electron chi connectivity index (χ1n) is 13.2. The summed E-state index contributed by atoms with van der Waals surface area (Å²) in [6.45, 7) is 10.1. The Bertz CT molecular complexity index is 1030. The fourth-order valence-electron chi connectivity index (χ4n) is 4.01. The van der Waals surface area contributed by atoms with Crippen molar-refractivity contribution >= 4 is 21.8 Å². The lowest BCUT2D eigenvalue weighted by molar-refractivity contribution is -0.129. The number of aliphatic hydroxyl groups is 1. The molecule has 2 amide bonds. The minimum absolute atomic E-state index is 0.0126. The largest absolute Gasteiger partial charge is 0.486 e. The maximum atomic E-state index is 13.6. The molecule has 0 aromatic heterocycles. The number of carbonyl (C=O) groups excluding carboxylic acids is 2. The summed E-state index contributed by atoms with van der Waals surface area (Å²) < 4.78 is 39.4. The number of fused-ring (bicyclic) bond motifs is 1. The van der Waals surface area contributed by atoms with Crippen molar-refractivity contribution < 1.29 is 32.6 Å². The minimum atomic E-state index is -3.98. The average Bonchev–Trinajstić information content (AvgIpc) is 2.87. The van der Waals surface area contributed by atoms with E-state index in [-0.39, 0.29) is 42.3 Å². The van der Waals surface area contributed by atoms with Crippen LogP contribution in [0.2, 0.25) is 0 Å². The Kier molecular flexibility index (Phi) is 12.3. The lowest BCUT2D eigenvalue weighted by Gasteiger charge is -2.30. The first-order chi connectivity index (χ1) is 17.9. The Morgan fingerprint density at radius 1 is 1.05 bits per heavy atom. The number of nitrogens with zero attached hydrogens (tertiary/aromatic N) is 1. The molecule has 0 saturated carbocycles. The summed E-state index contributed by atoms with van der Waals surface area (Å²) in [6.07, 6.45) is 0.0894. The third kappa shape index (κ3) is 9.11. The van der Waals surface area contributed by atoms with Crippen LogP contribution < -0.4 is 25.4 Å². The van der Waals surface area contributed by atoms with Crippen LogP contribution in [-0.2, 0) is 19.6 Å². The summed E-state index contributed by atoms with van der Waals surface area (Å²) in [5.41, 5.74) is 0. The molecule has 1 aromatic rings. The van der Waals surface area contributed by atoms with Crippen LogP contribution in [0.3, 0.4) is 0 Å². The highest BCUT2D eigenvalue weighted by atomic mass is 32.2. The number of benzene rings is 1. The molecule has 1 aliphatic rings. The number of sulfonamides is 1. The standard InChI is InChI=1S/C26H44N4O7S/c1-7-18(4)12-21(29-25(32)14-27-6)26(33)28-19(5)22(31)16-30(15-17(2)3)38(34,35)20-8-9-23-24(13-20)37-11-10-36-23/h8-9,13,17-19,21-22,27,31H,7,10-12,14-16H2,1-6H3,(H,28,33)(H,29,32)/t18?,19-,21-,22+/m0/s1. The van der Waals surface area contributed by atoms with E-state index in [1.165, 1.54) is 16.4 Å². The summed E-state index contributed by atoms with van der Waals surface area (Å²) in [4.78, 5) is 25.2. The molecule has 0 saturated heterocycles. The molecule has 2 rings (SSSR count). The number of likely N-dealkylation sites (N-methyl/N-ethyl adjacent to an activating group) is 1. The molecule has 0 aliphatic carbocycles. The van der Waals surface area contributed by atoms with Gasteiger partial charge in [0.1, 0.15) is 19.3 Å². The van der Waals surface area contributed by atoms with Gasteiger partial charge in [-0.2, -0.15) is 4.31 Å². The van der Waals surface area contributed by atoms with E-state index < -0.39 is 34.1 Å². The van der Waals surface area contributed by atoms with Crippen molar-refractivity contribution in [1.82, 2.24) is 20.3 Å². The van der Waals surface area contributed by atoms with Crippen LogP contribution in [0.1, 0.15) is 47.5 Å². The number of aliphatic hydroxyl groups excluding tert-OH is 1. The number of carbonyl (C=O) groups is 2. The van der Waals surface area contributed by atoms with Gasteiger partial charge >= 0.3 is 0 Å². The van der Waals surface area contributed by atoms with Gasteiger partial charge < -0.3 is 30.5 Å². The van der Waals surface area contributed by atoms with E-state index in [1.807, 2.05) is 27.7 Å². The van der Waals surface area contributed by atoms with Crippen LogP contribution in [0.4, 0.5) is 0 Å². The number of nitrogens with one attached hydrogen (secondary N) is 3. The monoisotopic (exact) mass is 556 g/mol. The van der Waals surface area contributed by atoms with Crippen LogP contribution in [0.15, 0.2) is 23.1 Å². The molecule has 38 heavy (non-hydrogen) atoms. The highest BCUT2D eigenvalue weighted by Gasteiger charge is 2.32. The SMILES string of the molecule is CCC(C)C[C@H](NC(=O)CNC)C(=O)N[C@@H](C)[C@H](O)CN(CC(C)C)S(=O)(=O)c1ccc2c(c1)OCCO2. The Morgan fingerprint density at radius 3 is 2.32 bits per heavy atom. The lowest BCUT2D eigenvalue weighted by Crippen LogP contribution is -2.55. The Balaban J connectivity index is 2.16. The van der Waals surface area contributed by atoms with Crippen molar-refractivity contribution in [2.24, 2.45) is 11.8 Å². The average molecular weight is 557 g/mol. The van der Waals surface area contributed by atoms with Crippen molar-refractivity contribution in [2.75, 3.05) is 39.9 Å². The number of hydrogen-bond donors (Lipinski definition) is 4. The fraction of sp³-hybridized carbons (Fsp3) is 0.692. The van der Waals surface area contributed by atoms with E-state index in [4.69, 9.17) is 9.47 Å². The summed E-state index contributed by atoms with van der Waals surface area (Å²) in [5, 5.41) is 19.2. The molecule has 216 valence electrons. The van der Waals surface area contributed by atoms with E-state index in [0.29, 0.717) is 31.1 Å². The van der Waals surface area contributed by atoms with Crippen LogP contribution in [0, 0.1) is 11.8 Å². The van der Waals surface area contributed by atoms with Gasteiger partial charge in [0.05, 0.1) is 23.6 Å².